The van der Waals surface area contributed by atoms with Crippen LogP contribution in [0.3, 0.4) is 0 Å². The summed E-state index contributed by atoms with van der Waals surface area (Å²) in [6, 6.07) is 6.28. The molecular weight excluding hydrogens is 380 g/mol. The van der Waals surface area contributed by atoms with Gasteiger partial charge in [0.1, 0.15) is 5.82 Å². The molecule has 2 amide bonds. The van der Waals surface area contributed by atoms with Crippen molar-refractivity contribution in [2.24, 2.45) is 7.05 Å². The van der Waals surface area contributed by atoms with E-state index in [-0.39, 0.29) is 18.0 Å². The van der Waals surface area contributed by atoms with E-state index in [9.17, 15) is 4.79 Å². The van der Waals surface area contributed by atoms with E-state index in [1.807, 2.05) is 18.0 Å². The molecule has 9 heteroatoms. The number of aryl methyl sites for hydroxylation is 3. The molecule has 5 rings (SSSR count). The van der Waals surface area contributed by atoms with E-state index in [2.05, 4.69) is 44.3 Å². The molecule has 1 aromatic carbocycles. The Morgan fingerprint density at radius 3 is 2.87 bits per heavy atom. The highest BCUT2D eigenvalue weighted by atomic mass is 16.2. The first kappa shape index (κ1) is 18.7. The van der Waals surface area contributed by atoms with Gasteiger partial charge in [0.2, 0.25) is 5.95 Å². The number of fused-ring (bicyclic) bond motifs is 2. The summed E-state index contributed by atoms with van der Waals surface area (Å²) in [5.74, 6) is 1.00. The van der Waals surface area contributed by atoms with Crippen LogP contribution in [0.5, 0.6) is 0 Å². The van der Waals surface area contributed by atoms with Crippen molar-refractivity contribution < 1.29 is 4.79 Å². The van der Waals surface area contributed by atoms with Crippen LogP contribution in [0.4, 0.5) is 22.2 Å². The Kier molecular flexibility index (Phi) is 4.45. The van der Waals surface area contributed by atoms with Gasteiger partial charge in [0.05, 0.1) is 11.6 Å². The predicted octanol–water partition coefficient (Wildman–Crippen LogP) is 2.18. The lowest BCUT2D eigenvalue weighted by molar-refractivity contribution is 0.200. The summed E-state index contributed by atoms with van der Waals surface area (Å²) < 4.78 is 1.70. The van der Waals surface area contributed by atoms with E-state index in [0.29, 0.717) is 25.3 Å². The van der Waals surface area contributed by atoms with Crippen LogP contribution in [-0.4, -0.2) is 56.4 Å². The number of hydrogen-bond acceptors (Lipinski definition) is 6. The third-order valence-electron chi connectivity index (χ3n) is 6.13. The van der Waals surface area contributed by atoms with E-state index in [1.54, 1.807) is 10.9 Å². The number of anilines is 3. The minimum atomic E-state index is -0.0619. The number of rotatable bonds is 2. The minimum Gasteiger partial charge on any atom is -0.368 e. The number of benzene rings is 1. The summed E-state index contributed by atoms with van der Waals surface area (Å²) in [4.78, 5) is 25.7. The van der Waals surface area contributed by atoms with Gasteiger partial charge in [0.15, 0.2) is 5.65 Å². The summed E-state index contributed by atoms with van der Waals surface area (Å²) in [5, 5.41) is 8.23. The van der Waals surface area contributed by atoms with Gasteiger partial charge in [0, 0.05) is 38.4 Å². The number of amides is 2. The Morgan fingerprint density at radius 1 is 1.20 bits per heavy atom. The van der Waals surface area contributed by atoms with Crippen molar-refractivity contribution in [1.82, 2.24) is 24.6 Å². The fourth-order valence-corrected chi connectivity index (χ4v) is 4.55. The second-order valence-electron chi connectivity index (χ2n) is 8.17. The highest BCUT2D eigenvalue weighted by Gasteiger charge is 2.29. The van der Waals surface area contributed by atoms with Crippen molar-refractivity contribution in [2.75, 3.05) is 35.6 Å². The van der Waals surface area contributed by atoms with Gasteiger partial charge in [-0.2, -0.15) is 15.1 Å². The van der Waals surface area contributed by atoms with E-state index in [0.717, 1.165) is 29.7 Å². The number of urea groups is 1. The van der Waals surface area contributed by atoms with E-state index in [1.165, 1.54) is 17.5 Å². The summed E-state index contributed by atoms with van der Waals surface area (Å²) in [6.07, 6.45) is 5.20. The number of aromatic nitrogens is 4. The normalized spacial score (nSPS) is 18.7. The number of nitrogens with two attached hydrogens (primary N) is 1. The van der Waals surface area contributed by atoms with Crippen molar-refractivity contribution in [3.63, 3.8) is 0 Å². The van der Waals surface area contributed by atoms with Crippen LogP contribution >= 0.6 is 0 Å². The minimum absolute atomic E-state index is 0.0619. The van der Waals surface area contributed by atoms with Crippen molar-refractivity contribution in [1.29, 1.82) is 0 Å². The molecule has 2 aliphatic rings. The molecule has 9 nitrogen and oxygen atoms in total. The molecule has 1 fully saturated rings. The number of carbonyl (C=O) groups is 1. The van der Waals surface area contributed by atoms with Crippen molar-refractivity contribution in [3.05, 3.63) is 35.5 Å². The Bertz CT molecular complexity index is 1120. The quantitative estimate of drug-likeness (QED) is 0.676. The monoisotopic (exact) mass is 406 g/mol. The SMILES string of the molecule is CC1CN(C(=O)Nc2ccc3c(c2)CCC3)CCN1c1nc(N)nc2c1cnn2C. The number of nitrogens with one attached hydrogen (secondary N) is 1. The average molecular weight is 406 g/mol. The molecular formula is C21H26N8O. The molecule has 156 valence electrons. The maximum Gasteiger partial charge on any atom is 0.321 e. The molecule has 1 saturated heterocycles. The van der Waals surface area contributed by atoms with E-state index < -0.39 is 0 Å². The maximum atomic E-state index is 12.9. The standard InChI is InChI=1S/C21H26N8O/c1-13-12-28(21(30)24-16-7-6-14-4-3-5-15(14)10-16)8-9-29(13)19-17-11-23-27(2)18(17)25-20(22)26-19/h6-7,10-11,13H,3-5,8-9,12H2,1-2H3,(H,24,30)(H2,22,25,26). The molecule has 3 N–H and O–H groups in total. The molecule has 2 aromatic heterocycles. The Hall–Kier alpha value is -3.36. The van der Waals surface area contributed by atoms with Crippen LogP contribution in [0.1, 0.15) is 24.5 Å². The molecule has 1 unspecified atom stereocenters. The van der Waals surface area contributed by atoms with Gasteiger partial charge < -0.3 is 20.9 Å². The van der Waals surface area contributed by atoms with Crippen LogP contribution in [0.15, 0.2) is 24.4 Å². The third kappa shape index (κ3) is 3.20. The molecule has 30 heavy (non-hydrogen) atoms. The first-order valence-electron chi connectivity index (χ1n) is 10.4. The topological polar surface area (TPSA) is 105 Å². The van der Waals surface area contributed by atoms with Gasteiger partial charge in [-0.1, -0.05) is 6.07 Å². The van der Waals surface area contributed by atoms with Gasteiger partial charge in [-0.3, -0.25) is 4.68 Å². The number of hydrogen-bond donors (Lipinski definition) is 2. The number of piperazine rings is 1. The van der Waals surface area contributed by atoms with Gasteiger partial charge in [-0.15, -0.1) is 0 Å². The van der Waals surface area contributed by atoms with E-state index in [4.69, 9.17) is 5.73 Å². The van der Waals surface area contributed by atoms with Crippen molar-refractivity contribution >= 4 is 34.5 Å². The second kappa shape index (κ2) is 7.16. The maximum absolute atomic E-state index is 12.9. The number of nitrogens with zero attached hydrogens (tertiary/aromatic N) is 6. The summed E-state index contributed by atoms with van der Waals surface area (Å²) >= 11 is 0. The Morgan fingerprint density at radius 2 is 2.03 bits per heavy atom. The first-order chi connectivity index (χ1) is 14.5. The predicted molar refractivity (Wildman–Crippen MR) is 117 cm³/mol. The van der Waals surface area contributed by atoms with Crippen LogP contribution in [0, 0.1) is 0 Å². The summed E-state index contributed by atoms with van der Waals surface area (Å²) in [6.45, 7) is 3.96. The zero-order valence-electron chi connectivity index (χ0n) is 17.3. The van der Waals surface area contributed by atoms with Crippen LogP contribution in [0.25, 0.3) is 11.0 Å². The Labute approximate surface area is 174 Å². The molecule has 0 bridgehead atoms. The van der Waals surface area contributed by atoms with Crippen LogP contribution in [-0.2, 0) is 19.9 Å². The molecule has 0 spiro atoms. The molecule has 3 aromatic rings. The summed E-state index contributed by atoms with van der Waals surface area (Å²) in [7, 11) is 1.84. The lowest BCUT2D eigenvalue weighted by Gasteiger charge is -2.40. The lowest BCUT2D eigenvalue weighted by atomic mass is 10.1. The van der Waals surface area contributed by atoms with Gasteiger partial charge in [-0.05, 0) is 49.4 Å². The zero-order chi connectivity index (χ0) is 20.8. The smallest absolute Gasteiger partial charge is 0.321 e. The zero-order valence-corrected chi connectivity index (χ0v) is 17.3. The molecule has 1 atom stereocenters. The van der Waals surface area contributed by atoms with Crippen molar-refractivity contribution in [2.45, 2.75) is 32.2 Å². The highest BCUT2D eigenvalue weighted by Crippen LogP contribution is 2.28. The average Bonchev–Trinajstić information content (AvgIpc) is 3.34. The summed E-state index contributed by atoms with van der Waals surface area (Å²) in [5.41, 5.74) is 10.3. The largest absolute Gasteiger partial charge is 0.368 e. The van der Waals surface area contributed by atoms with E-state index >= 15 is 0 Å². The first-order valence-corrected chi connectivity index (χ1v) is 10.4. The van der Waals surface area contributed by atoms with Crippen LogP contribution in [0.2, 0.25) is 0 Å². The molecule has 0 radical (unpaired) electrons. The third-order valence-corrected chi connectivity index (χ3v) is 6.13. The molecule has 0 saturated carbocycles. The molecule has 3 heterocycles. The van der Waals surface area contributed by atoms with Gasteiger partial charge in [-0.25, -0.2) is 4.79 Å². The fraction of sp³-hybridized carbons (Fsp3) is 0.429. The molecule has 1 aliphatic carbocycles. The van der Waals surface area contributed by atoms with Crippen molar-refractivity contribution in [3.8, 4) is 0 Å². The second-order valence-corrected chi connectivity index (χ2v) is 8.17. The number of nitrogen functional groups attached to an aromatic ring is 1. The van der Waals surface area contributed by atoms with Gasteiger partial charge in [0.25, 0.3) is 0 Å². The van der Waals surface area contributed by atoms with Gasteiger partial charge >= 0.3 is 6.03 Å². The number of carbonyl (C=O) groups excluding carboxylic acids is 1. The fourth-order valence-electron chi connectivity index (χ4n) is 4.55. The highest BCUT2D eigenvalue weighted by molar-refractivity contribution is 5.90. The Balaban J connectivity index is 1.31. The molecule has 1 aliphatic heterocycles. The van der Waals surface area contributed by atoms with Crippen LogP contribution < -0.4 is 16.0 Å². The lowest BCUT2D eigenvalue weighted by Crippen LogP contribution is -2.55.